The lowest BCUT2D eigenvalue weighted by atomic mass is 9.95. The van der Waals surface area contributed by atoms with E-state index < -0.39 is 0 Å². The van der Waals surface area contributed by atoms with Crippen LogP contribution in [0.1, 0.15) is 28.6 Å². The molecule has 1 aliphatic rings. The summed E-state index contributed by atoms with van der Waals surface area (Å²) >= 11 is 0. The summed E-state index contributed by atoms with van der Waals surface area (Å²) < 4.78 is 5.25. The van der Waals surface area contributed by atoms with Crippen molar-refractivity contribution in [2.75, 3.05) is 20.2 Å². The van der Waals surface area contributed by atoms with E-state index in [2.05, 4.69) is 59.3 Å². The van der Waals surface area contributed by atoms with E-state index in [0.717, 1.165) is 42.2 Å². The number of aromatic amines is 1. The number of aryl methyl sites for hydroxylation is 2. The molecule has 0 saturated carbocycles. The number of methoxy groups -OCH3 is 1. The van der Waals surface area contributed by atoms with E-state index in [0.29, 0.717) is 5.92 Å². The number of aromatic nitrogens is 2. The van der Waals surface area contributed by atoms with Crippen LogP contribution in [0.5, 0.6) is 5.75 Å². The van der Waals surface area contributed by atoms with Crippen LogP contribution in [0.3, 0.4) is 0 Å². The number of imidazole rings is 1. The van der Waals surface area contributed by atoms with Crippen LogP contribution < -0.4 is 20.9 Å². The molecule has 6 nitrogen and oxygen atoms in total. The summed E-state index contributed by atoms with van der Waals surface area (Å²) in [7, 11) is 1.69. The Morgan fingerprint density at radius 3 is 2.74 bits per heavy atom. The molecule has 1 saturated heterocycles. The van der Waals surface area contributed by atoms with Gasteiger partial charge < -0.3 is 15.0 Å². The Balaban J connectivity index is 1.38. The third-order valence-corrected chi connectivity index (χ3v) is 5.49. The summed E-state index contributed by atoms with van der Waals surface area (Å²) in [4.78, 5) is 8.20. The molecular weight excluding hydrogens is 338 g/mol. The van der Waals surface area contributed by atoms with Crippen molar-refractivity contribution in [3.8, 4) is 5.75 Å². The highest BCUT2D eigenvalue weighted by atomic mass is 16.5. The standard InChI is InChI=1S/C21H27N5O/c1-13-4-9-18-20(14(13)2)25-19(24-18)12-22-10-16-11-23-26-21(16)15-5-7-17(27-3)8-6-15/h4-9,16,21-23,26H,10-12H2,1-3H3,(H,24,25). The highest BCUT2D eigenvalue weighted by molar-refractivity contribution is 5.79. The molecule has 2 atom stereocenters. The minimum atomic E-state index is 0.281. The van der Waals surface area contributed by atoms with E-state index >= 15 is 0 Å². The van der Waals surface area contributed by atoms with Crippen LogP contribution in [0.15, 0.2) is 36.4 Å². The first-order valence-electron chi connectivity index (χ1n) is 9.43. The van der Waals surface area contributed by atoms with Gasteiger partial charge >= 0.3 is 0 Å². The van der Waals surface area contributed by atoms with Gasteiger partial charge in [-0.3, -0.25) is 5.43 Å². The molecule has 4 rings (SSSR count). The van der Waals surface area contributed by atoms with Gasteiger partial charge in [0.1, 0.15) is 11.6 Å². The fraction of sp³-hybridized carbons (Fsp3) is 0.381. The number of nitrogens with one attached hydrogen (secondary N) is 4. The number of hydrogen-bond acceptors (Lipinski definition) is 5. The predicted octanol–water partition coefficient (Wildman–Crippen LogP) is 2.74. The maximum atomic E-state index is 5.25. The molecule has 1 fully saturated rings. The van der Waals surface area contributed by atoms with Crippen LogP contribution in [-0.4, -0.2) is 30.2 Å². The zero-order valence-corrected chi connectivity index (χ0v) is 16.1. The number of H-pyrrole nitrogens is 1. The van der Waals surface area contributed by atoms with Crippen molar-refractivity contribution in [1.82, 2.24) is 26.1 Å². The van der Waals surface area contributed by atoms with Crippen molar-refractivity contribution in [3.05, 3.63) is 58.9 Å². The minimum Gasteiger partial charge on any atom is -0.497 e. The zero-order valence-electron chi connectivity index (χ0n) is 16.1. The zero-order chi connectivity index (χ0) is 18.8. The molecule has 0 spiro atoms. The van der Waals surface area contributed by atoms with Gasteiger partial charge in [0.2, 0.25) is 0 Å². The molecule has 142 valence electrons. The number of benzene rings is 2. The van der Waals surface area contributed by atoms with Crippen LogP contribution in [0, 0.1) is 19.8 Å². The maximum Gasteiger partial charge on any atom is 0.121 e. The van der Waals surface area contributed by atoms with Crippen molar-refractivity contribution < 1.29 is 4.74 Å². The molecule has 2 aromatic carbocycles. The van der Waals surface area contributed by atoms with Crippen LogP contribution >= 0.6 is 0 Å². The quantitative estimate of drug-likeness (QED) is 0.541. The van der Waals surface area contributed by atoms with Crippen molar-refractivity contribution in [1.29, 1.82) is 0 Å². The topological polar surface area (TPSA) is 74.0 Å². The van der Waals surface area contributed by atoms with E-state index in [1.165, 1.54) is 16.7 Å². The van der Waals surface area contributed by atoms with E-state index in [1.807, 2.05) is 12.1 Å². The lowest BCUT2D eigenvalue weighted by Gasteiger charge is -2.19. The average molecular weight is 365 g/mol. The van der Waals surface area contributed by atoms with Crippen molar-refractivity contribution in [2.45, 2.75) is 26.4 Å². The lowest BCUT2D eigenvalue weighted by molar-refractivity contribution is 0.412. The number of fused-ring (bicyclic) bond motifs is 1. The van der Waals surface area contributed by atoms with E-state index in [9.17, 15) is 0 Å². The first kappa shape index (κ1) is 18.0. The second kappa shape index (κ2) is 7.68. The Kier molecular flexibility index (Phi) is 5.11. The normalized spacial score (nSPS) is 19.7. The molecule has 3 aromatic rings. The first-order valence-corrected chi connectivity index (χ1v) is 9.43. The molecule has 2 unspecified atom stereocenters. The molecule has 27 heavy (non-hydrogen) atoms. The predicted molar refractivity (Wildman–Crippen MR) is 108 cm³/mol. The number of rotatable bonds is 6. The fourth-order valence-corrected chi connectivity index (χ4v) is 3.72. The molecule has 0 radical (unpaired) electrons. The largest absolute Gasteiger partial charge is 0.497 e. The molecule has 1 aromatic heterocycles. The molecule has 4 N–H and O–H groups in total. The summed E-state index contributed by atoms with van der Waals surface area (Å²) in [6, 6.07) is 12.8. The van der Waals surface area contributed by atoms with Gasteiger partial charge in [-0.05, 0) is 48.7 Å². The molecule has 6 heteroatoms. The summed E-state index contributed by atoms with van der Waals surface area (Å²) in [5.74, 6) is 2.33. The Morgan fingerprint density at radius 1 is 1.15 bits per heavy atom. The summed E-state index contributed by atoms with van der Waals surface area (Å²) in [6.45, 7) is 6.83. The van der Waals surface area contributed by atoms with E-state index in [-0.39, 0.29) is 6.04 Å². The summed E-state index contributed by atoms with van der Waals surface area (Å²) in [5, 5.41) is 3.56. The molecular formula is C21H27N5O. The van der Waals surface area contributed by atoms with Gasteiger partial charge in [0.15, 0.2) is 0 Å². The van der Waals surface area contributed by atoms with Gasteiger partial charge in [0, 0.05) is 19.0 Å². The average Bonchev–Trinajstić information content (AvgIpc) is 3.32. The second-order valence-corrected chi connectivity index (χ2v) is 7.25. The van der Waals surface area contributed by atoms with Crippen LogP contribution in [0.4, 0.5) is 0 Å². The van der Waals surface area contributed by atoms with Crippen molar-refractivity contribution in [2.24, 2.45) is 5.92 Å². The number of hydrogen-bond donors (Lipinski definition) is 4. The third kappa shape index (κ3) is 3.69. The van der Waals surface area contributed by atoms with Gasteiger partial charge in [-0.2, -0.15) is 0 Å². The Hall–Kier alpha value is -2.41. The monoisotopic (exact) mass is 365 g/mol. The van der Waals surface area contributed by atoms with Crippen molar-refractivity contribution >= 4 is 11.0 Å². The first-order chi connectivity index (χ1) is 13.2. The van der Waals surface area contributed by atoms with Gasteiger partial charge in [-0.15, -0.1) is 0 Å². The van der Waals surface area contributed by atoms with Crippen LogP contribution in [-0.2, 0) is 6.54 Å². The highest BCUT2D eigenvalue weighted by Crippen LogP contribution is 2.26. The number of nitrogens with zero attached hydrogens (tertiary/aromatic N) is 1. The molecule has 1 aliphatic heterocycles. The van der Waals surface area contributed by atoms with Gasteiger partial charge in [0.25, 0.3) is 0 Å². The molecule has 0 aliphatic carbocycles. The number of hydrazine groups is 1. The smallest absolute Gasteiger partial charge is 0.121 e. The Labute approximate surface area is 159 Å². The SMILES string of the molecule is COc1ccc(C2NNCC2CNCc2nc3c(C)c(C)ccc3[nH]2)cc1. The van der Waals surface area contributed by atoms with Gasteiger partial charge in [-0.1, -0.05) is 18.2 Å². The minimum absolute atomic E-state index is 0.281. The van der Waals surface area contributed by atoms with Crippen LogP contribution in [0.25, 0.3) is 11.0 Å². The Bertz CT molecular complexity index is 918. The molecule has 0 amide bonds. The molecule has 0 bridgehead atoms. The summed E-state index contributed by atoms with van der Waals surface area (Å²) in [5.41, 5.74) is 12.7. The van der Waals surface area contributed by atoms with E-state index in [4.69, 9.17) is 9.72 Å². The summed E-state index contributed by atoms with van der Waals surface area (Å²) in [6.07, 6.45) is 0. The maximum absolute atomic E-state index is 5.25. The van der Waals surface area contributed by atoms with Gasteiger partial charge in [0.05, 0.1) is 30.7 Å². The third-order valence-electron chi connectivity index (χ3n) is 5.49. The number of ether oxygens (including phenoxy) is 1. The van der Waals surface area contributed by atoms with Gasteiger partial charge in [-0.25, -0.2) is 10.4 Å². The molecule has 2 heterocycles. The second-order valence-electron chi connectivity index (χ2n) is 7.25. The lowest BCUT2D eigenvalue weighted by Crippen LogP contribution is -2.28. The van der Waals surface area contributed by atoms with Crippen LogP contribution in [0.2, 0.25) is 0 Å². The van der Waals surface area contributed by atoms with Crippen molar-refractivity contribution in [3.63, 3.8) is 0 Å². The highest BCUT2D eigenvalue weighted by Gasteiger charge is 2.27. The fourth-order valence-electron chi connectivity index (χ4n) is 3.72. The van der Waals surface area contributed by atoms with E-state index in [1.54, 1.807) is 7.11 Å². The Morgan fingerprint density at radius 2 is 1.96 bits per heavy atom.